The van der Waals surface area contributed by atoms with Gasteiger partial charge < -0.3 is 4.74 Å². The van der Waals surface area contributed by atoms with Gasteiger partial charge in [-0.3, -0.25) is 0 Å². The van der Waals surface area contributed by atoms with Crippen molar-refractivity contribution >= 4 is 10.2 Å². The van der Waals surface area contributed by atoms with Gasteiger partial charge in [0.2, 0.25) is 0 Å². The van der Waals surface area contributed by atoms with Crippen LogP contribution in [0.2, 0.25) is 0 Å². The van der Waals surface area contributed by atoms with E-state index in [0.717, 1.165) is 4.31 Å². The molecule has 0 amide bonds. The van der Waals surface area contributed by atoms with E-state index in [1.165, 1.54) is 0 Å². The Balaban J connectivity index is 2.30. The van der Waals surface area contributed by atoms with Crippen LogP contribution in [0.1, 0.15) is 0 Å². The van der Waals surface area contributed by atoms with Crippen molar-refractivity contribution in [2.24, 2.45) is 5.14 Å². The first-order valence-corrected chi connectivity index (χ1v) is 4.61. The van der Waals surface area contributed by atoms with Crippen LogP contribution >= 0.6 is 0 Å². The first-order chi connectivity index (χ1) is 5.39. The van der Waals surface area contributed by atoms with Crippen LogP contribution in [0.15, 0.2) is 0 Å². The van der Waals surface area contributed by atoms with Crippen LogP contribution in [0.5, 0.6) is 0 Å². The molecule has 72 valence electrons. The molecule has 1 fully saturated rings. The fourth-order valence-electron chi connectivity index (χ4n) is 0.840. The van der Waals surface area contributed by atoms with E-state index >= 15 is 0 Å². The molecule has 0 aromatic heterocycles. The van der Waals surface area contributed by atoms with Crippen LogP contribution in [0, 0.1) is 0 Å². The topological polar surface area (TPSA) is 72.6 Å². The fraction of sp³-hybridized carbons (Fsp3) is 1.00. The monoisotopic (exact) mass is 202 g/mol. The zero-order valence-electron chi connectivity index (χ0n) is 5.98. The lowest BCUT2D eigenvalue weighted by molar-refractivity contribution is -0.185. The highest BCUT2D eigenvalue weighted by Crippen LogP contribution is 2.16. The molecule has 1 saturated heterocycles. The largest absolute Gasteiger partial charge is 0.345 e. The Morgan fingerprint density at radius 2 is 2.00 bits per heavy atom. The van der Waals surface area contributed by atoms with Crippen LogP contribution < -0.4 is 5.14 Å². The van der Waals surface area contributed by atoms with Gasteiger partial charge in [-0.2, -0.15) is 21.5 Å². The van der Waals surface area contributed by atoms with Crippen molar-refractivity contribution in [1.29, 1.82) is 0 Å². The average Bonchev–Trinajstić information content (AvgIpc) is 1.73. The molecule has 2 N–H and O–H groups in total. The molecule has 1 heterocycles. The molecule has 0 aromatic carbocycles. The Bertz CT molecular complexity index is 249. The molecule has 0 saturated carbocycles. The second kappa shape index (κ2) is 3.21. The second-order valence-electron chi connectivity index (χ2n) is 2.38. The molecule has 1 rings (SSSR count). The number of nitrogens with two attached hydrogens (primary N) is 1. The van der Waals surface area contributed by atoms with E-state index in [1.807, 2.05) is 0 Å². The molecule has 0 radical (unpaired) electrons. The lowest BCUT2D eigenvalue weighted by Gasteiger charge is -2.35. The molecule has 12 heavy (non-hydrogen) atoms. The summed E-state index contributed by atoms with van der Waals surface area (Å²) in [5.74, 6) is 0. The van der Waals surface area contributed by atoms with Gasteiger partial charge in [0, 0.05) is 13.1 Å². The summed E-state index contributed by atoms with van der Waals surface area (Å²) >= 11 is 0. The third-order valence-corrected chi connectivity index (χ3v) is 2.49. The zero-order chi connectivity index (χ0) is 9.35. The van der Waals surface area contributed by atoms with Crippen molar-refractivity contribution in [3.63, 3.8) is 0 Å². The third-order valence-electron chi connectivity index (χ3n) is 1.47. The number of hydrogen-bond donors (Lipinski definition) is 1. The third kappa shape index (κ3) is 2.34. The highest BCUT2D eigenvalue weighted by Gasteiger charge is 2.35. The maximum atomic E-state index is 11.5. The van der Waals surface area contributed by atoms with Gasteiger partial charge in [-0.05, 0) is 0 Å². The number of hydrogen-bond acceptors (Lipinski definition) is 3. The lowest BCUT2D eigenvalue weighted by atomic mass is 10.2. The normalized spacial score (nSPS) is 21.3. The summed E-state index contributed by atoms with van der Waals surface area (Å²) in [6.07, 6.45) is -0.733. The van der Waals surface area contributed by atoms with Gasteiger partial charge in [-0.25, -0.2) is 5.14 Å². The maximum Gasteiger partial charge on any atom is 0.345 e. The Kier molecular flexibility index (Phi) is 2.61. The minimum absolute atomic E-state index is 0.0941. The van der Waals surface area contributed by atoms with Crippen LogP contribution in [-0.2, 0) is 14.9 Å². The summed E-state index contributed by atoms with van der Waals surface area (Å²) in [4.78, 5) is 0. The van der Waals surface area contributed by atoms with Crippen molar-refractivity contribution in [1.82, 2.24) is 4.31 Å². The summed E-state index contributed by atoms with van der Waals surface area (Å²) in [6.45, 7) is -3.05. The fourth-order valence-corrected chi connectivity index (χ4v) is 1.59. The number of alkyl halides is 2. The van der Waals surface area contributed by atoms with Crippen LogP contribution in [0.4, 0.5) is 8.78 Å². The maximum absolute atomic E-state index is 11.5. The van der Waals surface area contributed by atoms with Crippen molar-refractivity contribution in [3.05, 3.63) is 0 Å². The van der Waals surface area contributed by atoms with Crippen LogP contribution in [0.3, 0.4) is 0 Å². The standard InChI is InChI=1S/C4H8F2N2O3S/c5-4(6)11-3-1-8(2-3)12(7,9)10/h3-4H,1-2H2,(H2,7,9,10). The van der Waals surface area contributed by atoms with E-state index in [4.69, 9.17) is 0 Å². The molecule has 1 aliphatic heterocycles. The number of halogens is 2. The molecule has 5 nitrogen and oxygen atoms in total. The predicted octanol–water partition coefficient (Wildman–Crippen LogP) is -0.887. The molecule has 0 aliphatic carbocycles. The molecule has 1 aliphatic rings. The van der Waals surface area contributed by atoms with Crippen molar-refractivity contribution in [2.75, 3.05) is 13.1 Å². The number of nitrogens with zero attached hydrogens (tertiary/aromatic N) is 1. The smallest absolute Gasteiger partial charge is 0.317 e. The molecule has 0 unspecified atom stereocenters. The van der Waals surface area contributed by atoms with Crippen molar-refractivity contribution in [3.8, 4) is 0 Å². The molecule has 0 aromatic rings. The van der Waals surface area contributed by atoms with Crippen LogP contribution in [-0.4, -0.2) is 38.5 Å². The van der Waals surface area contributed by atoms with Crippen LogP contribution in [0.25, 0.3) is 0 Å². The van der Waals surface area contributed by atoms with E-state index < -0.39 is 22.9 Å². The van der Waals surface area contributed by atoms with E-state index in [0.29, 0.717) is 0 Å². The first kappa shape index (κ1) is 9.78. The lowest BCUT2D eigenvalue weighted by Crippen LogP contribution is -2.57. The summed E-state index contributed by atoms with van der Waals surface area (Å²) in [5, 5.41) is 4.69. The van der Waals surface area contributed by atoms with Gasteiger partial charge in [0.15, 0.2) is 0 Å². The molecule has 0 spiro atoms. The van der Waals surface area contributed by atoms with E-state index in [-0.39, 0.29) is 13.1 Å². The molecular formula is C4H8F2N2O3S. The van der Waals surface area contributed by atoms with Gasteiger partial charge in [-0.1, -0.05) is 0 Å². The number of rotatable bonds is 3. The van der Waals surface area contributed by atoms with Gasteiger partial charge in [-0.15, -0.1) is 0 Å². The Labute approximate surface area is 68.3 Å². The van der Waals surface area contributed by atoms with Crippen molar-refractivity contribution in [2.45, 2.75) is 12.7 Å². The summed E-state index contributed by atoms with van der Waals surface area (Å²) < 4.78 is 48.9. The Hall–Kier alpha value is -0.310. The Morgan fingerprint density at radius 1 is 1.50 bits per heavy atom. The quantitative estimate of drug-likeness (QED) is 0.645. The molecule has 0 bridgehead atoms. The van der Waals surface area contributed by atoms with Gasteiger partial charge in [0.25, 0.3) is 10.2 Å². The van der Waals surface area contributed by atoms with Gasteiger partial charge >= 0.3 is 6.61 Å². The molecular weight excluding hydrogens is 194 g/mol. The summed E-state index contributed by atoms with van der Waals surface area (Å²) in [5.41, 5.74) is 0. The Morgan fingerprint density at radius 3 is 2.33 bits per heavy atom. The second-order valence-corrected chi connectivity index (χ2v) is 3.93. The highest BCUT2D eigenvalue weighted by atomic mass is 32.2. The van der Waals surface area contributed by atoms with E-state index in [2.05, 4.69) is 9.88 Å². The van der Waals surface area contributed by atoms with Crippen molar-refractivity contribution < 1.29 is 21.9 Å². The predicted molar refractivity (Wildman–Crippen MR) is 35.6 cm³/mol. The van der Waals surface area contributed by atoms with E-state index in [9.17, 15) is 17.2 Å². The summed E-state index contributed by atoms with van der Waals surface area (Å²) in [6, 6.07) is 0. The number of ether oxygens (including phenoxy) is 1. The SMILES string of the molecule is NS(=O)(=O)N1CC(OC(F)F)C1. The minimum atomic E-state index is -3.73. The molecule has 8 heteroatoms. The first-order valence-electron chi connectivity index (χ1n) is 3.11. The van der Waals surface area contributed by atoms with Gasteiger partial charge in [0.05, 0.1) is 6.10 Å². The average molecular weight is 202 g/mol. The van der Waals surface area contributed by atoms with E-state index in [1.54, 1.807) is 0 Å². The van der Waals surface area contributed by atoms with Gasteiger partial charge in [0.1, 0.15) is 0 Å². The molecule has 0 atom stereocenters. The summed E-state index contributed by atoms with van der Waals surface area (Å²) in [7, 11) is -3.73. The minimum Gasteiger partial charge on any atom is -0.317 e. The highest BCUT2D eigenvalue weighted by molar-refractivity contribution is 7.86. The zero-order valence-corrected chi connectivity index (χ0v) is 6.80.